The standard InChI is InChI=1S/C12H15N3O2/c13-11-4-1-8(5-14-11)12(16)15-6-9-2-3-10(7-15)17-9/h1,4-5,9-10H,2-3,6-7H2,(H2,13,14). The molecule has 3 heterocycles. The van der Waals surface area contributed by atoms with Gasteiger partial charge in [-0.25, -0.2) is 4.98 Å². The SMILES string of the molecule is Nc1ccc(C(=O)N2CC3CCC(C2)O3)cn1. The zero-order valence-electron chi connectivity index (χ0n) is 9.50. The van der Waals surface area contributed by atoms with Crippen LogP contribution in [-0.2, 0) is 4.74 Å². The minimum absolute atomic E-state index is 0.0256. The van der Waals surface area contributed by atoms with Gasteiger partial charge in [-0.05, 0) is 25.0 Å². The largest absolute Gasteiger partial charge is 0.384 e. The molecule has 1 aromatic heterocycles. The summed E-state index contributed by atoms with van der Waals surface area (Å²) in [4.78, 5) is 18.0. The van der Waals surface area contributed by atoms with Crippen LogP contribution in [0, 0.1) is 0 Å². The van der Waals surface area contributed by atoms with E-state index in [4.69, 9.17) is 10.5 Å². The third-order valence-electron chi connectivity index (χ3n) is 3.36. The summed E-state index contributed by atoms with van der Waals surface area (Å²) in [5.74, 6) is 0.460. The molecular weight excluding hydrogens is 218 g/mol. The third-order valence-corrected chi connectivity index (χ3v) is 3.36. The smallest absolute Gasteiger partial charge is 0.255 e. The van der Waals surface area contributed by atoms with E-state index in [0.29, 0.717) is 24.5 Å². The van der Waals surface area contributed by atoms with Gasteiger partial charge in [0.25, 0.3) is 5.91 Å². The summed E-state index contributed by atoms with van der Waals surface area (Å²) in [5, 5.41) is 0. The first-order valence-corrected chi connectivity index (χ1v) is 5.88. The van der Waals surface area contributed by atoms with Crippen molar-refractivity contribution in [3.8, 4) is 0 Å². The van der Waals surface area contributed by atoms with Gasteiger partial charge in [0.2, 0.25) is 0 Å². The number of carbonyl (C=O) groups excluding carboxylic acids is 1. The van der Waals surface area contributed by atoms with E-state index >= 15 is 0 Å². The van der Waals surface area contributed by atoms with Crippen LogP contribution in [0.2, 0.25) is 0 Å². The topological polar surface area (TPSA) is 68.5 Å². The van der Waals surface area contributed by atoms with Gasteiger partial charge in [0, 0.05) is 19.3 Å². The molecule has 90 valence electrons. The molecule has 3 rings (SSSR count). The monoisotopic (exact) mass is 233 g/mol. The molecule has 2 saturated heterocycles. The van der Waals surface area contributed by atoms with E-state index in [2.05, 4.69) is 4.98 Å². The molecule has 2 bridgehead atoms. The molecule has 2 aliphatic heterocycles. The molecule has 5 heteroatoms. The molecule has 2 aliphatic rings. The number of likely N-dealkylation sites (tertiary alicyclic amines) is 1. The van der Waals surface area contributed by atoms with E-state index in [9.17, 15) is 4.79 Å². The highest BCUT2D eigenvalue weighted by Crippen LogP contribution is 2.27. The predicted molar refractivity (Wildman–Crippen MR) is 62.4 cm³/mol. The van der Waals surface area contributed by atoms with Crippen molar-refractivity contribution in [2.45, 2.75) is 25.0 Å². The maximum Gasteiger partial charge on any atom is 0.255 e. The van der Waals surface area contributed by atoms with Gasteiger partial charge in [-0.15, -0.1) is 0 Å². The number of carbonyl (C=O) groups is 1. The van der Waals surface area contributed by atoms with Gasteiger partial charge in [-0.3, -0.25) is 4.79 Å². The quantitative estimate of drug-likeness (QED) is 0.774. The Kier molecular flexibility index (Phi) is 2.48. The van der Waals surface area contributed by atoms with Crippen LogP contribution in [-0.4, -0.2) is 41.1 Å². The Morgan fingerprint density at radius 3 is 2.65 bits per heavy atom. The maximum absolute atomic E-state index is 12.2. The Labute approximate surface area is 99.6 Å². The van der Waals surface area contributed by atoms with Gasteiger partial charge in [0.15, 0.2) is 0 Å². The molecule has 0 saturated carbocycles. The summed E-state index contributed by atoms with van der Waals surface area (Å²) in [6.07, 6.45) is 4.11. The number of nitrogens with zero attached hydrogens (tertiary/aromatic N) is 2. The molecule has 0 spiro atoms. The summed E-state index contributed by atoms with van der Waals surface area (Å²) in [5.41, 5.74) is 6.10. The number of morpholine rings is 1. The molecule has 0 aliphatic carbocycles. The van der Waals surface area contributed by atoms with Gasteiger partial charge >= 0.3 is 0 Å². The van der Waals surface area contributed by atoms with Crippen molar-refractivity contribution in [1.82, 2.24) is 9.88 Å². The van der Waals surface area contributed by atoms with Gasteiger partial charge < -0.3 is 15.4 Å². The van der Waals surface area contributed by atoms with Crippen molar-refractivity contribution in [1.29, 1.82) is 0 Å². The van der Waals surface area contributed by atoms with Gasteiger partial charge in [0.05, 0.1) is 17.8 Å². The van der Waals surface area contributed by atoms with Crippen LogP contribution in [0.5, 0.6) is 0 Å². The Morgan fingerprint density at radius 1 is 1.35 bits per heavy atom. The number of fused-ring (bicyclic) bond motifs is 2. The summed E-state index contributed by atoms with van der Waals surface area (Å²) < 4.78 is 5.70. The highest BCUT2D eigenvalue weighted by atomic mass is 16.5. The Morgan fingerprint density at radius 2 is 2.06 bits per heavy atom. The fourth-order valence-electron chi connectivity index (χ4n) is 2.50. The molecule has 1 aromatic rings. The molecule has 5 nitrogen and oxygen atoms in total. The minimum atomic E-state index is 0.0256. The Balaban J connectivity index is 1.76. The van der Waals surface area contributed by atoms with Gasteiger partial charge in [-0.1, -0.05) is 0 Å². The highest BCUT2D eigenvalue weighted by molar-refractivity contribution is 5.94. The number of aromatic nitrogens is 1. The molecule has 0 aromatic carbocycles. The molecule has 1 amide bonds. The molecule has 2 fully saturated rings. The molecule has 2 atom stereocenters. The van der Waals surface area contributed by atoms with E-state index in [1.807, 2.05) is 4.90 Å². The van der Waals surface area contributed by atoms with Crippen molar-refractivity contribution in [2.75, 3.05) is 18.8 Å². The lowest BCUT2D eigenvalue weighted by atomic mass is 10.2. The summed E-state index contributed by atoms with van der Waals surface area (Å²) >= 11 is 0. The normalized spacial score (nSPS) is 27.2. The zero-order valence-corrected chi connectivity index (χ0v) is 9.50. The number of nitrogen functional groups attached to an aromatic ring is 1. The number of anilines is 1. The lowest BCUT2D eigenvalue weighted by molar-refractivity contribution is -0.0303. The number of pyridine rings is 1. The first-order chi connectivity index (χ1) is 8.22. The van der Waals surface area contributed by atoms with Crippen LogP contribution in [0.25, 0.3) is 0 Å². The van der Waals surface area contributed by atoms with Crippen LogP contribution in [0.4, 0.5) is 5.82 Å². The number of hydrogen-bond donors (Lipinski definition) is 1. The number of amides is 1. The van der Waals surface area contributed by atoms with Crippen LogP contribution in [0.3, 0.4) is 0 Å². The van der Waals surface area contributed by atoms with Crippen molar-refractivity contribution < 1.29 is 9.53 Å². The van der Waals surface area contributed by atoms with Crippen molar-refractivity contribution in [3.05, 3.63) is 23.9 Å². The average molecular weight is 233 g/mol. The Hall–Kier alpha value is -1.62. The second-order valence-corrected chi connectivity index (χ2v) is 4.64. The van der Waals surface area contributed by atoms with Crippen molar-refractivity contribution in [3.63, 3.8) is 0 Å². The number of rotatable bonds is 1. The van der Waals surface area contributed by atoms with Crippen LogP contribution in [0.15, 0.2) is 18.3 Å². The molecule has 2 unspecified atom stereocenters. The molecular formula is C12H15N3O2. The van der Waals surface area contributed by atoms with E-state index in [-0.39, 0.29) is 18.1 Å². The van der Waals surface area contributed by atoms with Gasteiger partial charge in [-0.2, -0.15) is 0 Å². The van der Waals surface area contributed by atoms with E-state index in [1.165, 1.54) is 6.20 Å². The lowest BCUT2D eigenvalue weighted by Crippen LogP contribution is -2.45. The number of ether oxygens (including phenoxy) is 1. The van der Waals surface area contributed by atoms with Crippen LogP contribution in [0.1, 0.15) is 23.2 Å². The fourth-order valence-corrected chi connectivity index (χ4v) is 2.50. The summed E-state index contributed by atoms with van der Waals surface area (Å²) in [7, 11) is 0. The van der Waals surface area contributed by atoms with Crippen LogP contribution >= 0.6 is 0 Å². The molecule has 0 radical (unpaired) electrons. The fraction of sp³-hybridized carbons (Fsp3) is 0.500. The van der Waals surface area contributed by atoms with E-state index < -0.39 is 0 Å². The minimum Gasteiger partial charge on any atom is -0.384 e. The summed E-state index contributed by atoms with van der Waals surface area (Å²) in [6, 6.07) is 3.38. The van der Waals surface area contributed by atoms with E-state index in [1.54, 1.807) is 12.1 Å². The lowest BCUT2D eigenvalue weighted by Gasteiger charge is -2.32. The third kappa shape index (κ3) is 1.98. The summed E-state index contributed by atoms with van der Waals surface area (Å²) in [6.45, 7) is 1.39. The molecule has 17 heavy (non-hydrogen) atoms. The number of hydrogen-bond acceptors (Lipinski definition) is 4. The number of nitrogens with two attached hydrogens (primary N) is 1. The second kappa shape index (κ2) is 4.00. The average Bonchev–Trinajstić information content (AvgIpc) is 2.68. The van der Waals surface area contributed by atoms with Gasteiger partial charge in [0.1, 0.15) is 5.82 Å². The maximum atomic E-state index is 12.2. The van der Waals surface area contributed by atoms with E-state index in [0.717, 1.165) is 12.8 Å². The first kappa shape index (κ1) is 10.5. The predicted octanol–water partition coefficient (Wildman–Crippen LogP) is 0.667. The molecule has 2 N–H and O–H groups in total. The first-order valence-electron chi connectivity index (χ1n) is 5.88. The second-order valence-electron chi connectivity index (χ2n) is 4.64. The highest BCUT2D eigenvalue weighted by Gasteiger charge is 2.35. The zero-order chi connectivity index (χ0) is 11.8. The van der Waals surface area contributed by atoms with Crippen molar-refractivity contribution in [2.24, 2.45) is 0 Å². The van der Waals surface area contributed by atoms with Crippen molar-refractivity contribution >= 4 is 11.7 Å². The van der Waals surface area contributed by atoms with Crippen LogP contribution < -0.4 is 5.73 Å². The Bertz CT molecular complexity index is 420.